The molecule has 1 atom stereocenters. The number of aromatic nitrogens is 2. The summed E-state index contributed by atoms with van der Waals surface area (Å²) in [6, 6.07) is 0. The fourth-order valence-corrected chi connectivity index (χ4v) is 2.20. The highest BCUT2D eigenvalue weighted by atomic mass is 15.2. The lowest BCUT2D eigenvalue weighted by Crippen LogP contribution is -2.25. The summed E-state index contributed by atoms with van der Waals surface area (Å²) in [7, 11) is 1.96. The number of likely N-dealkylation sites (tertiary alicyclic amines) is 1. The maximum Gasteiger partial charge on any atom is 0.0522 e. The average Bonchev–Trinajstić information content (AvgIpc) is 2.83. The fourth-order valence-electron chi connectivity index (χ4n) is 2.20. The molecule has 0 aliphatic carbocycles. The highest BCUT2D eigenvalue weighted by molar-refractivity contribution is 5.04. The molecule has 1 aromatic rings. The largest absolute Gasteiger partial charge is 0.330 e. The Kier molecular flexibility index (Phi) is 3.38. The van der Waals surface area contributed by atoms with Crippen LogP contribution in [0.15, 0.2) is 12.4 Å². The van der Waals surface area contributed by atoms with Crippen LogP contribution in [0, 0.1) is 5.92 Å². The average molecular weight is 208 g/mol. The Morgan fingerprint density at radius 3 is 3.07 bits per heavy atom. The molecule has 0 amide bonds. The van der Waals surface area contributed by atoms with Crippen LogP contribution in [0.25, 0.3) is 0 Å². The van der Waals surface area contributed by atoms with Gasteiger partial charge in [0.2, 0.25) is 0 Å². The van der Waals surface area contributed by atoms with Crippen molar-refractivity contribution in [3.63, 3.8) is 0 Å². The highest BCUT2D eigenvalue weighted by Crippen LogP contribution is 2.14. The smallest absolute Gasteiger partial charge is 0.0522 e. The molecule has 0 spiro atoms. The molecule has 0 aromatic carbocycles. The molecule has 0 bridgehead atoms. The maximum absolute atomic E-state index is 5.67. The van der Waals surface area contributed by atoms with Crippen LogP contribution in [0.5, 0.6) is 0 Å². The van der Waals surface area contributed by atoms with Gasteiger partial charge < -0.3 is 10.6 Å². The predicted molar refractivity (Wildman–Crippen MR) is 60.5 cm³/mol. The van der Waals surface area contributed by atoms with Crippen molar-refractivity contribution in [3.8, 4) is 0 Å². The second-order valence-electron chi connectivity index (χ2n) is 4.46. The van der Waals surface area contributed by atoms with Gasteiger partial charge in [0.15, 0.2) is 0 Å². The molecule has 84 valence electrons. The minimum absolute atomic E-state index is 0.721. The first kappa shape index (κ1) is 10.6. The lowest BCUT2D eigenvalue weighted by atomic mass is 10.1. The van der Waals surface area contributed by atoms with Gasteiger partial charge in [-0.1, -0.05) is 0 Å². The van der Waals surface area contributed by atoms with Crippen molar-refractivity contribution in [2.45, 2.75) is 12.8 Å². The summed E-state index contributed by atoms with van der Waals surface area (Å²) >= 11 is 0. The molecule has 0 saturated carbocycles. The highest BCUT2D eigenvalue weighted by Gasteiger charge is 2.20. The summed E-state index contributed by atoms with van der Waals surface area (Å²) in [5, 5.41) is 4.17. The second kappa shape index (κ2) is 4.77. The Bertz CT molecular complexity index is 307. The van der Waals surface area contributed by atoms with Gasteiger partial charge in [0.05, 0.1) is 6.20 Å². The zero-order chi connectivity index (χ0) is 10.7. The Labute approximate surface area is 91.1 Å². The van der Waals surface area contributed by atoms with Crippen LogP contribution in [-0.4, -0.2) is 40.9 Å². The number of hydrogen-bond donors (Lipinski definition) is 1. The first-order chi connectivity index (χ1) is 7.28. The van der Waals surface area contributed by atoms with Gasteiger partial charge in [-0.05, 0) is 37.4 Å². The van der Waals surface area contributed by atoms with E-state index < -0.39 is 0 Å². The van der Waals surface area contributed by atoms with Gasteiger partial charge in [0.1, 0.15) is 0 Å². The zero-order valence-electron chi connectivity index (χ0n) is 9.39. The Balaban J connectivity index is 1.75. The van der Waals surface area contributed by atoms with E-state index in [4.69, 9.17) is 5.73 Å². The zero-order valence-corrected chi connectivity index (χ0v) is 9.39. The van der Waals surface area contributed by atoms with Gasteiger partial charge in [0, 0.05) is 26.3 Å². The number of nitrogens with two attached hydrogens (primary N) is 1. The fraction of sp³-hybridized carbons (Fsp3) is 0.727. The monoisotopic (exact) mass is 208 g/mol. The first-order valence-corrected chi connectivity index (χ1v) is 5.68. The third-order valence-electron chi connectivity index (χ3n) is 3.18. The number of aryl methyl sites for hydroxylation is 1. The number of hydrogen-bond acceptors (Lipinski definition) is 3. The van der Waals surface area contributed by atoms with Gasteiger partial charge in [-0.3, -0.25) is 4.68 Å². The number of rotatable bonds is 4. The van der Waals surface area contributed by atoms with Gasteiger partial charge in [-0.25, -0.2) is 0 Å². The van der Waals surface area contributed by atoms with Crippen molar-refractivity contribution < 1.29 is 0 Å². The van der Waals surface area contributed by atoms with Crippen LogP contribution < -0.4 is 5.73 Å². The Morgan fingerprint density at radius 2 is 2.47 bits per heavy atom. The normalized spacial score (nSPS) is 22.4. The molecule has 2 N–H and O–H groups in total. The summed E-state index contributed by atoms with van der Waals surface area (Å²) < 4.78 is 1.86. The minimum Gasteiger partial charge on any atom is -0.330 e. The molecule has 1 fully saturated rings. The van der Waals surface area contributed by atoms with E-state index in [9.17, 15) is 0 Å². The molecular weight excluding hydrogens is 188 g/mol. The summed E-state index contributed by atoms with van der Waals surface area (Å²) in [6.45, 7) is 4.37. The standard InChI is InChI=1S/C11H20N4/c1-14-8-11(7-13-14)3-5-15-4-2-10(6-12)9-15/h7-8,10H,2-6,9,12H2,1H3. The summed E-state index contributed by atoms with van der Waals surface area (Å²) in [5.41, 5.74) is 6.99. The molecule has 4 nitrogen and oxygen atoms in total. The first-order valence-electron chi connectivity index (χ1n) is 5.68. The van der Waals surface area contributed by atoms with Crippen LogP contribution in [-0.2, 0) is 13.5 Å². The van der Waals surface area contributed by atoms with Crippen molar-refractivity contribution in [2.75, 3.05) is 26.2 Å². The second-order valence-corrected chi connectivity index (χ2v) is 4.46. The van der Waals surface area contributed by atoms with Crippen LogP contribution >= 0.6 is 0 Å². The number of nitrogens with zero attached hydrogens (tertiary/aromatic N) is 3. The molecular formula is C11H20N4. The van der Waals surface area contributed by atoms with Gasteiger partial charge in [-0.15, -0.1) is 0 Å². The summed E-state index contributed by atoms with van der Waals surface area (Å²) in [4.78, 5) is 2.50. The topological polar surface area (TPSA) is 47.1 Å². The molecule has 1 saturated heterocycles. The molecule has 1 aliphatic heterocycles. The van der Waals surface area contributed by atoms with E-state index in [1.165, 1.54) is 25.1 Å². The molecule has 2 heterocycles. The van der Waals surface area contributed by atoms with E-state index in [2.05, 4.69) is 16.2 Å². The lowest BCUT2D eigenvalue weighted by Gasteiger charge is -2.14. The molecule has 0 radical (unpaired) electrons. The van der Waals surface area contributed by atoms with E-state index in [1.807, 2.05) is 17.9 Å². The third-order valence-corrected chi connectivity index (χ3v) is 3.18. The van der Waals surface area contributed by atoms with Gasteiger partial charge >= 0.3 is 0 Å². The van der Waals surface area contributed by atoms with E-state index in [0.29, 0.717) is 0 Å². The van der Waals surface area contributed by atoms with E-state index in [-0.39, 0.29) is 0 Å². The summed E-state index contributed by atoms with van der Waals surface area (Å²) in [6.07, 6.45) is 6.42. The SMILES string of the molecule is Cn1cc(CCN2CCC(CN)C2)cn1. The van der Waals surface area contributed by atoms with Crippen LogP contribution in [0.2, 0.25) is 0 Å². The predicted octanol–water partition coefficient (Wildman–Crippen LogP) is 0.243. The van der Waals surface area contributed by atoms with Gasteiger partial charge in [0.25, 0.3) is 0 Å². The molecule has 4 heteroatoms. The van der Waals surface area contributed by atoms with Gasteiger partial charge in [-0.2, -0.15) is 5.10 Å². The molecule has 1 aromatic heterocycles. The quantitative estimate of drug-likeness (QED) is 0.771. The van der Waals surface area contributed by atoms with E-state index >= 15 is 0 Å². The molecule has 2 rings (SSSR count). The molecule has 1 aliphatic rings. The van der Waals surface area contributed by atoms with Crippen LogP contribution in [0.1, 0.15) is 12.0 Å². The Hall–Kier alpha value is -0.870. The molecule has 15 heavy (non-hydrogen) atoms. The lowest BCUT2D eigenvalue weighted by molar-refractivity contribution is 0.329. The maximum atomic E-state index is 5.67. The molecule has 1 unspecified atom stereocenters. The van der Waals surface area contributed by atoms with Crippen molar-refractivity contribution in [3.05, 3.63) is 18.0 Å². The van der Waals surface area contributed by atoms with Crippen molar-refractivity contribution in [1.82, 2.24) is 14.7 Å². The van der Waals surface area contributed by atoms with Crippen LogP contribution in [0.3, 0.4) is 0 Å². The minimum atomic E-state index is 0.721. The van der Waals surface area contributed by atoms with E-state index in [0.717, 1.165) is 25.4 Å². The van der Waals surface area contributed by atoms with Crippen molar-refractivity contribution >= 4 is 0 Å². The van der Waals surface area contributed by atoms with Crippen molar-refractivity contribution in [1.29, 1.82) is 0 Å². The van der Waals surface area contributed by atoms with E-state index in [1.54, 1.807) is 0 Å². The van der Waals surface area contributed by atoms with Crippen molar-refractivity contribution in [2.24, 2.45) is 18.7 Å². The van der Waals surface area contributed by atoms with Crippen LogP contribution in [0.4, 0.5) is 0 Å². The third kappa shape index (κ3) is 2.79. The summed E-state index contributed by atoms with van der Waals surface area (Å²) in [5.74, 6) is 0.721. The Morgan fingerprint density at radius 1 is 1.60 bits per heavy atom.